The largest absolute Gasteiger partial charge is 0.475 e. The van der Waals surface area contributed by atoms with E-state index in [9.17, 15) is 24.4 Å². The zero-order valence-corrected chi connectivity index (χ0v) is 15.9. The Bertz CT molecular complexity index is 602. The molecular weight excluding hydrogens is 349 g/mol. The number of ketones is 1. The third-order valence-electron chi connectivity index (χ3n) is 6.47. The lowest BCUT2D eigenvalue weighted by molar-refractivity contribution is -0.144. The Morgan fingerprint density at radius 1 is 1.22 bits per heavy atom. The molecule has 3 rings (SSSR count). The Kier molecular flexibility index (Phi) is 6.23. The smallest absolute Gasteiger partial charge is 0.426 e. The van der Waals surface area contributed by atoms with E-state index in [1.54, 1.807) is 4.90 Å². The van der Waals surface area contributed by atoms with Gasteiger partial charge in [0.05, 0.1) is 18.0 Å². The van der Waals surface area contributed by atoms with E-state index in [4.69, 9.17) is 5.73 Å². The number of carbonyl (C=O) groups is 3. The molecule has 0 aromatic carbocycles. The molecule has 0 aliphatic carbocycles. The van der Waals surface area contributed by atoms with Crippen LogP contribution in [0.5, 0.6) is 0 Å². The average molecular weight is 379 g/mol. The number of fused-ring (bicyclic) bond motifs is 1. The van der Waals surface area contributed by atoms with Gasteiger partial charge in [-0.15, -0.1) is 0 Å². The number of hydrogen-bond donors (Lipinski definition) is 3. The molecule has 0 saturated carbocycles. The quantitative estimate of drug-likeness (QED) is 0.533. The van der Waals surface area contributed by atoms with Crippen LogP contribution in [0.1, 0.15) is 58.3 Å². The Hall–Kier alpha value is -1.45. The van der Waals surface area contributed by atoms with Gasteiger partial charge in [0.15, 0.2) is 5.78 Å². The van der Waals surface area contributed by atoms with Crippen molar-refractivity contribution in [3.8, 4) is 0 Å². The molecule has 0 spiro atoms. The van der Waals surface area contributed by atoms with Gasteiger partial charge in [0, 0.05) is 24.9 Å². The normalized spacial score (nSPS) is 31.8. The molecule has 3 fully saturated rings. The lowest BCUT2D eigenvalue weighted by Gasteiger charge is -2.36. The molecule has 0 aromatic rings. The first-order valence-corrected chi connectivity index (χ1v) is 10.1. The van der Waals surface area contributed by atoms with Gasteiger partial charge in [-0.05, 0) is 44.9 Å². The van der Waals surface area contributed by atoms with Crippen LogP contribution in [0.15, 0.2) is 0 Å². The SMILES string of the molecule is CC[C@H](CC(=O)[C@@H]1CC[C@@H]2CC[C@H](N)C(=O)N21)C(=O)N1CCC[C@H]1B(O)O. The van der Waals surface area contributed by atoms with Crippen molar-refractivity contribution < 1.29 is 24.4 Å². The Morgan fingerprint density at radius 2 is 1.93 bits per heavy atom. The standard InChI is InChI=1S/C18H30BN3O5/c1-2-11(17(24)21-9-3-4-16(21)19(26)27)10-15(23)14-8-6-12-5-7-13(20)18(25)22(12)14/h11-14,16,26-27H,2-10,20H2,1H3/t11-,12+,13+,14+,16+/m1/s1. The van der Waals surface area contributed by atoms with E-state index >= 15 is 0 Å². The van der Waals surface area contributed by atoms with E-state index in [0.29, 0.717) is 32.2 Å². The van der Waals surface area contributed by atoms with Gasteiger partial charge in [-0.25, -0.2) is 0 Å². The zero-order valence-electron chi connectivity index (χ0n) is 15.9. The predicted molar refractivity (Wildman–Crippen MR) is 99.2 cm³/mol. The molecule has 3 heterocycles. The maximum Gasteiger partial charge on any atom is 0.475 e. The van der Waals surface area contributed by atoms with E-state index in [1.165, 1.54) is 4.90 Å². The Balaban J connectivity index is 1.66. The van der Waals surface area contributed by atoms with Crippen molar-refractivity contribution in [2.75, 3.05) is 6.54 Å². The van der Waals surface area contributed by atoms with E-state index in [2.05, 4.69) is 0 Å². The van der Waals surface area contributed by atoms with Crippen LogP contribution in [0, 0.1) is 5.92 Å². The summed E-state index contributed by atoms with van der Waals surface area (Å²) >= 11 is 0. The fraction of sp³-hybridized carbons (Fsp3) is 0.833. The number of piperidine rings is 1. The number of nitrogens with zero attached hydrogens (tertiary/aromatic N) is 2. The third kappa shape index (κ3) is 3.91. The summed E-state index contributed by atoms with van der Waals surface area (Å²) in [5.74, 6) is -1.52. The molecule has 3 aliphatic heterocycles. The van der Waals surface area contributed by atoms with Crippen LogP contribution in [-0.4, -0.2) is 75.2 Å². The van der Waals surface area contributed by atoms with E-state index in [0.717, 1.165) is 19.3 Å². The molecule has 0 bridgehead atoms. The van der Waals surface area contributed by atoms with Crippen molar-refractivity contribution >= 4 is 24.7 Å². The summed E-state index contributed by atoms with van der Waals surface area (Å²) in [5.41, 5.74) is 5.89. The van der Waals surface area contributed by atoms with Crippen LogP contribution < -0.4 is 5.73 Å². The van der Waals surface area contributed by atoms with Gasteiger partial charge in [-0.1, -0.05) is 6.92 Å². The monoisotopic (exact) mass is 379 g/mol. The number of likely N-dealkylation sites (tertiary alicyclic amines) is 1. The minimum atomic E-state index is -1.56. The Labute approximate surface area is 160 Å². The first-order chi connectivity index (χ1) is 12.8. The van der Waals surface area contributed by atoms with Crippen molar-refractivity contribution in [2.45, 2.75) is 82.4 Å². The maximum atomic E-state index is 13.0. The summed E-state index contributed by atoms with van der Waals surface area (Å²) in [4.78, 5) is 41.5. The van der Waals surface area contributed by atoms with Gasteiger partial charge < -0.3 is 25.6 Å². The van der Waals surface area contributed by atoms with Crippen LogP contribution in [0.3, 0.4) is 0 Å². The topological polar surface area (TPSA) is 124 Å². The first kappa shape index (κ1) is 20.3. The second-order valence-corrected chi connectivity index (χ2v) is 8.11. The second-order valence-electron chi connectivity index (χ2n) is 8.11. The van der Waals surface area contributed by atoms with Crippen LogP contribution in [0.2, 0.25) is 0 Å². The van der Waals surface area contributed by atoms with Gasteiger partial charge in [0.2, 0.25) is 11.8 Å². The van der Waals surface area contributed by atoms with Crippen LogP contribution in [0.25, 0.3) is 0 Å². The molecule has 4 N–H and O–H groups in total. The molecule has 0 radical (unpaired) electrons. The molecule has 2 amide bonds. The van der Waals surface area contributed by atoms with E-state index in [-0.39, 0.29) is 30.1 Å². The number of Topliss-reactive ketones (excluding diaryl/α,β-unsaturated/α-hetero) is 1. The summed E-state index contributed by atoms with van der Waals surface area (Å²) in [6.07, 6.45) is 4.79. The van der Waals surface area contributed by atoms with Crippen molar-refractivity contribution in [1.82, 2.24) is 9.80 Å². The molecule has 0 aromatic heterocycles. The number of amides is 2. The summed E-state index contributed by atoms with van der Waals surface area (Å²) in [6.45, 7) is 2.34. The van der Waals surface area contributed by atoms with Crippen LogP contribution >= 0.6 is 0 Å². The predicted octanol–water partition coefficient (Wildman–Crippen LogP) is -0.544. The van der Waals surface area contributed by atoms with Crippen LogP contribution in [-0.2, 0) is 14.4 Å². The molecule has 27 heavy (non-hydrogen) atoms. The molecule has 5 atom stereocenters. The first-order valence-electron chi connectivity index (χ1n) is 10.1. The highest BCUT2D eigenvalue weighted by atomic mass is 16.4. The van der Waals surface area contributed by atoms with Crippen molar-refractivity contribution in [3.63, 3.8) is 0 Å². The summed E-state index contributed by atoms with van der Waals surface area (Å²) in [5, 5.41) is 19.0. The fourth-order valence-corrected chi connectivity index (χ4v) is 4.90. The summed E-state index contributed by atoms with van der Waals surface area (Å²) in [6, 6.07) is -0.919. The number of hydrogen-bond acceptors (Lipinski definition) is 6. The average Bonchev–Trinajstić information content (AvgIpc) is 3.29. The minimum absolute atomic E-state index is 0.0798. The number of rotatable bonds is 6. The lowest BCUT2D eigenvalue weighted by atomic mass is 9.77. The number of carbonyl (C=O) groups excluding carboxylic acids is 3. The minimum Gasteiger partial charge on any atom is -0.426 e. The highest BCUT2D eigenvalue weighted by Gasteiger charge is 2.46. The second kappa shape index (κ2) is 8.28. The van der Waals surface area contributed by atoms with Gasteiger partial charge >= 0.3 is 7.12 Å². The van der Waals surface area contributed by atoms with Gasteiger partial charge in [0.25, 0.3) is 0 Å². The van der Waals surface area contributed by atoms with Crippen molar-refractivity contribution in [1.29, 1.82) is 0 Å². The van der Waals surface area contributed by atoms with Crippen LogP contribution in [0.4, 0.5) is 0 Å². The summed E-state index contributed by atoms with van der Waals surface area (Å²) in [7, 11) is -1.56. The zero-order chi connectivity index (χ0) is 19.7. The molecule has 8 nitrogen and oxygen atoms in total. The highest BCUT2D eigenvalue weighted by Crippen LogP contribution is 2.34. The van der Waals surface area contributed by atoms with Gasteiger partial charge in [0.1, 0.15) is 0 Å². The van der Waals surface area contributed by atoms with Gasteiger partial charge in [-0.3, -0.25) is 14.4 Å². The molecule has 3 saturated heterocycles. The maximum absolute atomic E-state index is 13.0. The van der Waals surface area contributed by atoms with Crippen molar-refractivity contribution in [2.24, 2.45) is 11.7 Å². The summed E-state index contributed by atoms with van der Waals surface area (Å²) < 4.78 is 0. The van der Waals surface area contributed by atoms with E-state index in [1.807, 2.05) is 6.92 Å². The molecule has 0 unspecified atom stereocenters. The third-order valence-corrected chi connectivity index (χ3v) is 6.47. The molecule has 9 heteroatoms. The van der Waals surface area contributed by atoms with Crippen molar-refractivity contribution in [3.05, 3.63) is 0 Å². The Morgan fingerprint density at radius 3 is 2.59 bits per heavy atom. The lowest BCUT2D eigenvalue weighted by Crippen LogP contribution is -2.55. The fourth-order valence-electron chi connectivity index (χ4n) is 4.90. The molecular formula is C18H30BN3O5. The highest BCUT2D eigenvalue weighted by molar-refractivity contribution is 6.43. The van der Waals surface area contributed by atoms with E-state index < -0.39 is 31.1 Å². The number of nitrogens with two attached hydrogens (primary N) is 1. The molecule has 3 aliphatic rings. The van der Waals surface area contributed by atoms with Gasteiger partial charge in [-0.2, -0.15) is 0 Å². The molecule has 150 valence electrons.